The molecule has 0 spiro atoms. The molecule has 1 aromatic carbocycles. The minimum atomic E-state index is -0.951. The highest BCUT2D eigenvalue weighted by Gasteiger charge is 2.20. The van der Waals surface area contributed by atoms with Gasteiger partial charge in [-0.25, -0.2) is 15.0 Å². The van der Waals surface area contributed by atoms with Crippen molar-refractivity contribution in [2.24, 2.45) is 0 Å². The summed E-state index contributed by atoms with van der Waals surface area (Å²) in [6.45, 7) is 9.03. The molecule has 0 aliphatic rings. The first-order chi connectivity index (χ1) is 11.1. The maximum atomic E-state index is 12.0. The van der Waals surface area contributed by atoms with Crippen LogP contribution in [0, 0.1) is 0 Å². The Morgan fingerprint density at radius 2 is 1.79 bits per heavy atom. The summed E-state index contributed by atoms with van der Waals surface area (Å²) >= 11 is 0. The zero-order valence-electron chi connectivity index (χ0n) is 15.0. The van der Waals surface area contributed by atoms with Crippen molar-refractivity contribution in [1.29, 1.82) is 0 Å². The highest BCUT2D eigenvalue weighted by molar-refractivity contribution is 5.88. The number of carboxylic acid groups (broad SMARTS) is 1. The third-order valence-electron chi connectivity index (χ3n) is 3.27. The van der Waals surface area contributed by atoms with Crippen molar-refractivity contribution in [3.8, 4) is 0 Å². The first-order valence-corrected chi connectivity index (χ1v) is 7.92. The molecule has 0 heterocycles. The molecule has 134 valence electrons. The molecule has 2 N–H and O–H groups in total. The van der Waals surface area contributed by atoms with Crippen LogP contribution in [0.2, 0.25) is 0 Å². The molecule has 7 nitrogen and oxygen atoms in total. The molecule has 0 atom stereocenters. The van der Waals surface area contributed by atoms with Gasteiger partial charge in [-0.3, -0.25) is 0 Å². The number of likely N-dealkylation sites (N-methyl/N-ethyl adjacent to an activating group) is 1. The second kappa shape index (κ2) is 8.54. The van der Waals surface area contributed by atoms with E-state index in [1.165, 1.54) is 0 Å². The van der Waals surface area contributed by atoms with Gasteiger partial charge in [-0.05, 0) is 52.0 Å². The number of carbonyl (C=O) groups excluding carboxylic acids is 1. The van der Waals surface area contributed by atoms with E-state index < -0.39 is 11.6 Å². The van der Waals surface area contributed by atoms with Gasteiger partial charge in [0.25, 0.3) is 0 Å². The number of nitrogens with zero attached hydrogens (tertiary/aromatic N) is 2. The van der Waals surface area contributed by atoms with Crippen LogP contribution in [0.15, 0.2) is 24.3 Å². The van der Waals surface area contributed by atoms with Gasteiger partial charge in [-0.2, -0.15) is 0 Å². The van der Waals surface area contributed by atoms with E-state index in [2.05, 4.69) is 5.43 Å². The quantitative estimate of drug-likeness (QED) is 0.744. The standard InChI is InChI=1S/C17H27N3O4/c1-6-20(16(23)24-17(2,3)4)12-11-18-19(5)14-9-7-13(8-10-14)15(21)22/h7-10,18H,6,11-12H2,1-5H3,(H,21,22). The number of ether oxygens (including phenoxy) is 1. The summed E-state index contributed by atoms with van der Waals surface area (Å²) in [6, 6.07) is 6.55. The zero-order chi connectivity index (χ0) is 18.3. The number of hydrogen-bond acceptors (Lipinski definition) is 5. The lowest BCUT2D eigenvalue weighted by Crippen LogP contribution is -2.43. The van der Waals surface area contributed by atoms with Crippen LogP contribution >= 0.6 is 0 Å². The van der Waals surface area contributed by atoms with Gasteiger partial charge >= 0.3 is 12.1 Å². The Hall–Kier alpha value is -2.28. The zero-order valence-corrected chi connectivity index (χ0v) is 15.0. The molecular formula is C17H27N3O4. The van der Waals surface area contributed by atoms with Gasteiger partial charge in [-0.1, -0.05) is 0 Å². The average molecular weight is 337 g/mol. The Kier molecular flexibility index (Phi) is 7.03. The SMILES string of the molecule is CCN(CCNN(C)c1ccc(C(=O)O)cc1)C(=O)OC(C)(C)C. The van der Waals surface area contributed by atoms with E-state index >= 15 is 0 Å². The van der Waals surface area contributed by atoms with Gasteiger partial charge < -0.3 is 19.8 Å². The predicted molar refractivity (Wildman–Crippen MR) is 93.3 cm³/mol. The smallest absolute Gasteiger partial charge is 0.410 e. The molecule has 0 fully saturated rings. The second-order valence-electron chi connectivity index (χ2n) is 6.38. The number of nitrogens with one attached hydrogen (secondary N) is 1. The minimum absolute atomic E-state index is 0.245. The maximum Gasteiger partial charge on any atom is 0.410 e. The van der Waals surface area contributed by atoms with Gasteiger partial charge in [0.2, 0.25) is 0 Å². The van der Waals surface area contributed by atoms with Gasteiger partial charge in [0, 0.05) is 26.7 Å². The Bertz CT molecular complexity index is 552. The van der Waals surface area contributed by atoms with E-state index in [0.717, 1.165) is 5.69 Å². The predicted octanol–water partition coefficient (Wildman–Crippen LogP) is 2.58. The fraction of sp³-hybridized carbons (Fsp3) is 0.529. The molecule has 0 saturated carbocycles. The summed E-state index contributed by atoms with van der Waals surface area (Å²) in [4.78, 5) is 24.5. The summed E-state index contributed by atoms with van der Waals surface area (Å²) in [6.07, 6.45) is -0.333. The summed E-state index contributed by atoms with van der Waals surface area (Å²) in [5.41, 5.74) is 3.73. The summed E-state index contributed by atoms with van der Waals surface area (Å²) in [7, 11) is 1.83. The number of amides is 1. The Morgan fingerprint density at radius 1 is 1.21 bits per heavy atom. The highest BCUT2D eigenvalue weighted by Crippen LogP contribution is 2.12. The van der Waals surface area contributed by atoms with Crippen LogP contribution in [0.1, 0.15) is 38.1 Å². The molecule has 24 heavy (non-hydrogen) atoms. The summed E-state index contributed by atoms with van der Waals surface area (Å²) in [5, 5.41) is 10.7. The third kappa shape index (κ3) is 6.45. The largest absolute Gasteiger partial charge is 0.478 e. The minimum Gasteiger partial charge on any atom is -0.478 e. The van der Waals surface area contributed by atoms with Crippen molar-refractivity contribution in [2.75, 3.05) is 31.7 Å². The molecule has 0 aliphatic heterocycles. The van der Waals surface area contributed by atoms with Crippen LogP contribution in [0.25, 0.3) is 0 Å². The van der Waals surface area contributed by atoms with E-state index in [-0.39, 0.29) is 11.7 Å². The number of rotatable bonds is 7. The first-order valence-electron chi connectivity index (χ1n) is 7.92. The molecule has 0 aromatic heterocycles. The van der Waals surface area contributed by atoms with Crippen LogP contribution in [-0.2, 0) is 4.74 Å². The fourth-order valence-electron chi connectivity index (χ4n) is 1.98. The van der Waals surface area contributed by atoms with Gasteiger partial charge in [0.15, 0.2) is 0 Å². The van der Waals surface area contributed by atoms with Crippen molar-refractivity contribution in [2.45, 2.75) is 33.3 Å². The molecule has 7 heteroatoms. The molecule has 0 unspecified atom stereocenters. The lowest BCUT2D eigenvalue weighted by Gasteiger charge is -2.28. The fourth-order valence-corrected chi connectivity index (χ4v) is 1.98. The lowest BCUT2D eigenvalue weighted by atomic mass is 10.2. The van der Waals surface area contributed by atoms with Crippen LogP contribution in [0.3, 0.4) is 0 Å². The number of benzene rings is 1. The molecule has 1 aromatic rings. The van der Waals surface area contributed by atoms with Crippen LogP contribution in [0.4, 0.5) is 10.5 Å². The van der Waals surface area contributed by atoms with E-state index in [1.54, 1.807) is 34.2 Å². The van der Waals surface area contributed by atoms with E-state index in [9.17, 15) is 9.59 Å². The monoisotopic (exact) mass is 337 g/mol. The van der Waals surface area contributed by atoms with Gasteiger partial charge in [0.05, 0.1) is 11.3 Å². The molecular weight excluding hydrogens is 310 g/mol. The Morgan fingerprint density at radius 3 is 2.25 bits per heavy atom. The number of carboxylic acids is 1. The van der Waals surface area contributed by atoms with Gasteiger partial charge in [0.1, 0.15) is 5.60 Å². The van der Waals surface area contributed by atoms with Crippen molar-refractivity contribution in [3.05, 3.63) is 29.8 Å². The molecule has 0 bridgehead atoms. The second-order valence-corrected chi connectivity index (χ2v) is 6.38. The van der Waals surface area contributed by atoms with Crippen molar-refractivity contribution in [1.82, 2.24) is 10.3 Å². The number of carbonyl (C=O) groups is 2. The van der Waals surface area contributed by atoms with Crippen LogP contribution in [-0.4, -0.2) is 54.4 Å². The maximum absolute atomic E-state index is 12.0. The van der Waals surface area contributed by atoms with E-state index in [0.29, 0.717) is 19.6 Å². The molecule has 0 radical (unpaired) electrons. The first kappa shape index (κ1) is 19.8. The molecule has 1 amide bonds. The van der Waals surface area contributed by atoms with E-state index in [4.69, 9.17) is 9.84 Å². The van der Waals surface area contributed by atoms with Crippen molar-refractivity contribution < 1.29 is 19.4 Å². The molecule has 1 rings (SSSR count). The number of hydrogen-bond donors (Lipinski definition) is 2. The normalized spacial score (nSPS) is 11.0. The average Bonchev–Trinajstić information content (AvgIpc) is 2.49. The highest BCUT2D eigenvalue weighted by atomic mass is 16.6. The number of aromatic carboxylic acids is 1. The van der Waals surface area contributed by atoms with Crippen LogP contribution in [0.5, 0.6) is 0 Å². The van der Waals surface area contributed by atoms with Crippen molar-refractivity contribution >= 4 is 17.7 Å². The lowest BCUT2D eigenvalue weighted by molar-refractivity contribution is 0.0262. The number of anilines is 1. The summed E-state index contributed by atoms with van der Waals surface area (Å²) < 4.78 is 5.36. The topological polar surface area (TPSA) is 82.1 Å². The van der Waals surface area contributed by atoms with Crippen LogP contribution < -0.4 is 10.4 Å². The summed E-state index contributed by atoms with van der Waals surface area (Å²) in [5.74, 6) is -0.951. The Labute approximate surface area is 143 Å². The molecule has 0 saturated heterocycles. The van der Waals surface area contributed by atoms with E-state index in [1.807, 2.05) is 34.7 Å². The number of hydrazine groups is 1. The third-order valence-corrected chi connectivity index (χ3v) is 3.27. The Balaban J connectivity index is 2.49. The molecule has 0 aliphatic carbocycles. The van der Waals surface area contributed by atoms with Gasteiger partial charge in [-0.15, -0.1) is 0 Å². The van der Waals surface area contributed by atoms with Crippen molar-refractivity contribution in [3.63, 3.8) is 0 Å².